The molecule has 0 amide bonds. The maximum Gasteiger partial charge on any atom is 0.121 e. The zero-order valence-corrected chi connectivity index (χ0v) is 17.2. The van der Waals surface area contributed by atoms with Crippen LogP contribution in [0.15, 0.2) is 24.3 Å². The van der Waals surface area contributed by atoms with Gasteiger partial charge in [0.2, 0.25) is 0 Å². The Morgan fingerprint density at radius 2 is 0.885 bits per heavy atom. The van der Waals surface area contributed by atoms with Crippen LogP contribution in [0.1, 0.15) is 81.3 Å². The van der Waals surface area contributed by atoms with Gasteiger partial charge in [0, 0.05) is 5.41 Å². The van der Waals surface area contributed by atoms with Crippen molar-refractivity contribution in [2.24, 2.45) is 0 Å². The third-order valence-electron chi connectivity index (χ3n) is 6.04. The van der Waals surface area contributed by atoms with Gasteiger partial charge in [0.25, 0.3) is 0 Å². The maximum absolute atomic E-state index is 10.5. The minimum atomic E-state index is -0.150. The first-order chi connectivity index (χ1) is 12.4. The molecule has 0 saturated heterocycles. The summed E-state index contributed by atoms with van der Waals surface area (Å²) in [6.07, 6.45) is 4.25. The van der Waals surface area contributed by atoms with Gasteiger partial charge in [-0.3, -0.25) is 0 Å². The highest BCUT2D eigenvalue weighted by atomic mass is 16.3. The Balaban J connectivity index is 2.73. The second-order valence-electron chi connectivity index (χ2n) is 7.39. The maximum atomic E-state index is 10.5. The van der Waals surface area contributed by atoms with Crippen molar-refractivity contribution in [3.63, 3.8) is 0 Å². The van der Waals surface area contributed by atoms with E-state index < -0.39 is 0 Å². The van der Waals surface area contributed by atoms with Crippen LogP contribution < -0.4 is 0 Å². The van der Waals surface area contributed by atoms with Gasteiger partial charge in [-0.25, -0.2) is 0 Å². The summed E-state index contributed by atoms with van der Waals surface area (Å²) in [5.41, 5.74) is 6.42. The van der Waals surface area contributed by atoms with Gasteiger partial charge in [-0.05, 0) is 65.5 Å². The first-order valence-electron chi connectivity index (χ1n) is 10.1. The molecule has 0 heterocycles. The molecule has 0 atom stereocenters. The van der Waals surface area contributed by atoms with E-state index in [2.05, 4.69) is 65.8 Å². The first-order valence-corrected chi connectivity index (χ1v) is 10.1. The van der Waals surface area contributed by atoms with Gasteiger partial charge in [-0.15, -0.1) is 0 Å². The van der Waals surface area contributed by atoms with Crippen molar-refractivity contribution in [3.8, 4) is 11.5 Å². The Morgan fingerprint density at radius 3 is 1.08 bits per heavy atom. The van der Waals surface area contributed by atoms with Crippen molar-refractivity contribution in [2.75, 3.05) is 0 Å². The molecule has 26 heavy (non-hydrogen) atoms. The second-order valence-corrected chi connectivity index (χ2v) is 7.39. The predicted molar refractivity (Wildman–Crippen MR) is 110 cm³/mol. The lowest BCUT2D eigenvalue weighted by Crippen LogP contribution is -2.24. The van der Waals surface area contributed by atoms with Crippen molar-refractivity contribution >= 4 is 0 Å². The molecule has 0 saturated carbocycles. The molecule has 2 heteroatoms. The number of aromatic hydroxyl groups is 2. The summed E-state index contributed by atoms with van der Waals surface area (Å²) < 4.78 is 0. The lowest BCUT2D eigenvalue weighted by atomic mass is 9.72. The third-order valence-corrected chi connectivity index (χ3v) is 6.04. The van der Waals surface area contributed by atoms with E-state index in [1.807, 2.05) is 0 Å². The summed E-state index contributed by atoms with van der Waals surface area (Å²) in [6, 6.07) is 8.67. The summed E-state index contributed by atoms with van der Waals surface area (Å²) in [5, 5.41) is 21.0. The van der Waals surface area contributed by atoms with Gasteiger partial charge >= 0.3 is 0 Å². The number of benzene rings is 2. The monoisotopic (exact) mass is 354 g/mol. The van der Waals surface area contributed by atoms with Crippen LogP contribution >= 0.6 is 0 Å². The molecule has 0 aliphatic heterocycles. The van der Waals surface area contributed by atoms with Crippen molar-refractivity contribution in [1.82, 2.24) is 0 Å². The fourth-order valence-corrected chi connectivity index (χ4v) is 3.81. The van der Waals surface area contributed by atoms with E-state index in [4.69, 9.17) is 0 Å². The highest BCUT2D eigenvalue weighted by Gasteiger charge is 2.30. The molecule has 0 unspecified atom stereocenters. The van der Waals surface area contributed by atoms with E-state index in [0.717, 1.165) is 54.4 Å². The van der Waals surface area contributed by atoms with Crippen LogP contribution in [0.5, 0.6) is 11.5 Å². The fraction of sp³-hybridized carbons (Fsp3) is 0.500. The number of aryl methyl sites for hydroxylation is 4. The Morgan fingerprint density at radius 1 is 0.615 bits per heavy atom. The average molecular weight is 355 g/mol. The van der Waals surface area contributed by atoms with Gasteiger partial charge in [0.15, 0.2) is 0 Å². The zero-order valence-electron chi connectivity index (χ0n) is 17.2. The molecule has 0 bridgehead atoms. The molecule has 0 aliphatic carbocycles. The summed E-state index contributed by atoms with van der Waals surface area (Å²) in [5.74, 6) is 0.901. The quantitative estimate of drug-likeness (QED) is 0.634. The standard InChI is InChI=1S/C24H34O2/c1-7-16-12-20(13-17(8-2)22(16)25)24(6,11-5)21-14-18(9-3)23(26)19(10-4)15-21/h12-15,25-26H,7-11H2,1-6H3. The van der Waals surface area contributed by atoms with Gasteiger partial charge in [0.05, 0.1) is 0 Å². The minimum Gasteiger partial charge on any atom is -0.507 e. The van der Waals surface area contributed by atoms with E-state index in [-0.39, 0.29) is 5.41 Å². The number of phenolic OH excluding ortho intramolecular Hbond substituents is 2. The van der Waals surface area contributed by atoms with Crippen molar-refractivity contribution in [1.29, 1.82) is 0 Å². The van der Waals surface area contributed by atoms with Crippen LogP contribution in [0.3, 0.4) is 0 Å². The Bertz CT molecular complexity index is 662. The number of hydrogen-bond donors (Lipinski definition) is 2. The van der Waals surface area contributed by atoms with Crippen LogP contribution in [0.2, 0.25) is 0 Å². The normalized spacial score (nSPS) is 11.8. The van der Waals surface area contributed by atoms with Gasteiger partial charge in [-0.2, -0.15) is 0 Å². The summed E-state index contributed by atoms with van der Waals surface area (Å²) in [7, 11) is 0. The molecule has 2 aromatic carbocycles. The highest BCUT2D eigenvalue weighted by Crippen LogP contribution is 2.41. The zero-order chi connectivity index (χ0) is 19.5. The van der Waals surface area contributed by atoms with E-state index in [1.165, 1.54) is 11.1 Å². The molecular weight excluding hydrogens is 320 g/mol. The van der Waals surface area contributed by atoms with Crippen LogP contribution in [0, 0.1) is 0 Å². The topological polar surface area (TPSA) is 40.5 Å². The number of hydrogen-bond acceptors (Lipinski definition) is 2. The first kappa shape index (κ1) is 20.4. The van der Waals surface area contributed by atoms with E-state index >= 15 is 0 Å². The minimum absolute atomic E-state index is 0.150. The largest absolute Gasteiger partial charge is 0.507 e. The van der Waals surface area contributed by atoms with Crippen LogP contribution in [-0.4, -0.2) is 10.2 Å². The van der Waals surface area contributed by atoms with Gasteiger partial charge in [0.1, 0.15) is 11.5 Å². The highest BCUT2D eigenvalue weighted by molar-refractivity contribution is 5.52. The molecule has 0 fully saturated rings. The van der Waals surface area contributed by atoms with Crippen molar-refractivity contribution in [2.45, 2.75) is 79.1 Å². The Kier molecular flexibility index (Phi) is 6.39. The summed E-state index contributed by atoms with van der Waals surface area (Å²) in [6.45, 7) is 12.9. The average Bonchev–Trinajstić information content (AvgIpc) is 2.67. The molecule has 142 valence electrons. The molecular formula is C24H34O2. The van der Waals surface area contributed by atoms with Crippen LogP contribution in [0.25, 0.3) is 0 Å². The third kappa shape index (κ3) is 3.47. The van der Waals surface area contributed by atoms with E-state index in [9.17, 15) is 10.2 Å². The second kappa shape index (κ2) is 8.16. The van der Waals surface area contributed by atoms with E-state index in [1.54, 1.807) is 0 Å². The van der Waals surface area contributed by atoms with Crippen LogP contribution in [-0.2, 0) is 31.1 Å². The van der Waals surface area contributed by atoms with Crippen molar-refractivity contribution < 1.29 is 10.2 Å². The lowest BCUT2D eigenvalue weighted by molar-refractivity contribution is 0.458. The molecule has 2 N–H and O–H groups in total. The van der Waals surface area contributed by atoms with Crippen LogP contribution in [0.4, 0.5) is 0 Å². The summed E-state index contributed by atoms with van der Waals surface area (Å²) in [4.78, 5) is 0. The lowest BCUT2D eigenvalue weighted by Gasteiger charge is -2.32. The molecule has 2 aromatic rings. The Hall–Kier alpha value is -1.96. The van der Waals surface area contributed by atoms with E-state index in [0.29, 0.717) is 11.5 Å². The number of phenols is 2. The summed E-state index contributed by atoms with van der Waals surface area (Å²) >= 11 is 0. The van der Waals surface area contributed by atoms with Gasteiger partial charge in [-0.1, -0.05) is 65.8 Å². The molecule has 0 radical (unpaired) electrons. The van der Waals surface area contributed by atoms with Gasteiger partial charge < -0.3 is 10.2 Å². The smallest absolute Gasteiger partial charge is 0.121 e. The molecule has 2 rings (SSSR count). The predicted octanol–water partition coefficient (Wildman–Crippen LogP) is 6.06. The SMILES string of the molecule is CCc1cc(C(C)(CC)c2cc(CC)c(O)c(CC)c2)cc(CC)c1O. The molecule has 0 spiro atoms. The molecule has 0 aromatic heterocycles. The number of rotatable bonds is 7. The Labute approximate surface area is 158 Å². The van der Waals surface area contributed by atoms with Crippen molar-refractivity contribution in [3.05, 3.63) is 57.6 Å². The fourth-order valence-electron chi connectivity index (χ4n) is 3.81. The molecule has 2 nitrogen and oxygen atoms in total. The molecule has 0 aliphatic rings.